The lowest BCUT2D eigenvalue weighted by Gasteiger charge is -2.13. The zero-order valence-corrected chi connectivity index (χ0v) is 13.6. The summed E-state index contributed by atoms with van der Waals surface area (Å²) in [5.74, 6) is 2.06. The minimum atomic E-state index is -3.14. The number of fused-ring (bicyclic) bond motifs is 1. The quantitative estimate of drug-likeness (QED) is 0.871. The Labute approximate surface area is 131 Å². The highest BCUT2D eigenvalue weighted by atomic mass is 32.2. The van der Waals surface area contributed by atoms with Crippen molar-refractivity contribution in [2.45, 2.75) is 50.0 Å². The smallest absolute Gasteiger partial charge is 0.175 e. The van der Waals surface area contributed by atoms with Crippen molar-refractivity contribution in [2.24, 2.45) is 0 Å². The minimum absolute atomic E-state index is 0.354. The van der Waals surface area contributed by atoms with Gasteiger partial charge in [0.1, 0.15) is 11.6 Å². The third-order valence-corrected chi connectivity index (χ3v) is 5.28. The van der Waals surface area contributed by atoms with Crippen LogP contribution in [-0.2, 0) is 29.2 Å². The first-order valence-corrected chi connectivity index (χ1v) is 9.63. The van der Waals surface area contributed by atoms with E-state index < -0.39 is 9.84 Å². The van der Waals surface area contributed by atoms with Crippen molar-refractivity contribution in [2.75, 3.05) is 6.26 Å². The van der Waals surface area contributed by atoms with Gasteiger partial charge in [-0.05, 0) is 30.5 Å². The summed E-state index contributed by atoms with van der Waals surface area (Å²) < 4.78 is 25.2. The van der Waals surface area contributed by atoms with Gasteiger partial charge in [0.05, 0.1) is 4.90 Å². The number of hydrogen-bond donors (Lipinski definition) is 0. The highest BCUT2D eigenvalue weighted by Crippen LogP contribution is 2.17. The molecule has 0 N–H and O–H groups in total. The SMILES string of the molecule is CS(=O)(=O)c1ccc(Cc2nnc3n2CCCCCC3)cc1. The molecule has 3 rings (SSSR count). The van der Waals surface area contributed by atoms with Crippen LogP contribution < -0.4 is 0 Å². The van der Waals surface area contributed by atoms with E-state index in [4.69, 9.17) is 0 Å². The molecule has 0 unspecified atom stereocenters. The highest BCUT2D eigenvalue weighted by Gasteiger charge is 2.14. The molecule has 0 spiro atoms. The standard InChI is InChI=1S/C16H21N3O2S/c1-22(20,21)14-9-7-13(8-10-14)12-16-18-17-15-6-4-2-3-5-11-19(15)16/h7-10H,2-6,11-12H2,1H3. The molecule has 6 heteroatoms. The van der Waals surface area contributed by atoms with Crippen LogP contribution in [0.1, 0.15) is 42.9 Å². The third-order valence-electron chi connectivity index (χ3n) is 4.15. The molecule has 2 heterocycles. The van der Waals surface area contributed by atoms with E-state index >= 15 is 0 Å². The average Bonchev–Trinajstić information content (AvgIpc) is 2.79. The number of aromatic nitrogens is 3. The van der Waals surface area contributed by atoms with Crippen molar-refractivity contribution < 1.29 is 8.42 Å². The summed E-state index contributed by atoms with van der Waals surface area (Å²) in [5, 5.41) is 8.67. The van der Waals surface area contributed by atoms with Crippen molar-refractivity contribution in [1.29, 1.82) is 0 Å². The summed E-state index contributed by atoms with van der Waals surface area (Å²) in [7, 11) is -3.14. The topological polar surface area (TPSA) is 64.8 Å². The Hall–Kier alpha value is -1.69. The molecule has 0 atom stereocenters. The van der Waals surface area contributed by atoms with Crippen LogP contribution >= 0.6 is 0 Å². The van der Waals surface area contributed by atoms with E-state index in [1.165, 1.54) is 31.9 Å². The van der Waals surface area contributed by atoms with Crippen molar-refractivity contribution in [1.82, 2.24) is 14.8 Å². The average molecular weight is 319 g/mol. The molecule has 0 aliphatic carbocycles. The van der Waals surface area contributed by atoms with E-state index in [9.17, 15) is 8.42 Å². The Balaban J connectivity index is 1.81. The van der Waals surface area contributed by atoms with Crippen LogP contribution in [-0.4, -0.2) is 29.4 Å². The molecule has 0 amide bonds. The second-order valence-corrected chi connectivity index (χ2v) is 7.96. The van der Waals surface area contributed by atoms with Gasteiger partial charge in [-0.15, -0.1) is 10.2 Å². The van der Waals surface area contributed by atoms with Crippen LogP contribution in [0.25, 0.3) is 0 Å². The molecule has 118 valence electrons. The number of benzene rings is 1. The van der Waals surface area contributed by atoms with Gasteiger partial charge in [-0.25, -0.2) is 8.42 Å². The van der Waals surface area contributed by atoms with Crippen LogP contribution in [0.4, 0.5) is 0 Å². The fourth-order valence-corrected chi connectivity index (χ4v) is 3.52. The maximum atomic E-state index is 11.5. The van der Waals surface area contributed by atoms with E-state index in [0.717, 1.165) is 30.2 Å². The Morgan fingerprint density at radius 2 is 1.77 bits per heavy atom. The Morgan fingerprint density at radius 1 is 1.05 bits per heavy atom. The molecule has 22 heavy (non-hydrogen) atoms. The number of rotatable bonds is 3. The zero-order chi connectivity index (χ0) is 15.6. The van der Waals surface area contributed by atoms with Gasteiger partial charge in [-0.1, -0.05) is 25.0 Å². The first-order valence-electron chi connectivity index (χ1n) is 7.74. The van der Waals surface area contributed by atoms with E-state index in [0.29, 0.717) is 11.3 Å². The molecule has 1 aliphatic rings. The van der Waals surface area contributed by atoms with Crippen molar-refractivity contribution >= 4 is 9.84 Å². The molecule has 5 nitrogen and oxygen atoms in total. The lowest BCUT2D eigenvalue weighted by Crippen LogP contribution is -2.11. The highest BCUT2D eigenvalue weighted by molar-refractivity contribution is 7.90. The van der Waals surface area contributed by atoms with E-state index in [2.05, 4.69) is 14.8 Å². The number of hydrogen-bond acceptors (Lipinski definition) is 4. The van der Waals surface area contributed by atoms with Gasteiger partial charge in [0.2, 0.25) is 0 Å². The molecule has 1 aromatic heterocycles. The zero-order valence-electron chi connectivity index (χ0n) is 12.8. The first kappa shape index (κ1) is 15.2. The van der Waals surface area contributed by atoms with Gasteiger partial charge in [0, 0.05) is 25.6 Å². The van der Waals surface area contributed by atoms with Gasteiger partial charge in [-0.2, -0.15) is 0 Å². The molecule has 1 aromatic carbocycles. The molecule has 0 radical (unpaired) electrons. The summed E-state index contributed by atoms with van der Waals surface area (Å²) in [4.78, 5) is 0.354. The maximum Gasteiger partial charge on any atom is 0.175 e. The molecule has 0 saturated heterocycles. The van der Waals surface area contributed by atoms with Crippen molar-refractivity contribution in [3.8, 4) is 0 Å². The van der Waals surface area contributed by atoms with Gasteiger partial charge < -0.3 is 4.57 Å². The van der Waals surface area contributed by atoms with Crippen molar-refractivity contribution in [3.63, 3.8) is 0 Å². The summed E-state index contributed by atoms with van der Waals surface area (Å²) in [6.45, 7) is 0.985. The Kier molecular flexibility index (Phi) is 4.29. The van der Waals surface area contributed by atoms with E-state index in [1.807, 2.05) is 12.1 Å². The van der Waals surface area contributed by atoms with Gasteiger partial charge in [-0.3, -0.25) is 0 Å². The lowest BCUT2D eigenvalue weighted by atomic mass is 10.1. The predicted molar refractivity (Wildman–Crippen MR) is 84.6 cm³/mol. The maximum absolute atomic E-state index is 11.5. The molecule has 2 aromatic rings. The van der Waals surface area contributed by atoms with Crippen molar-refractivity contribution in [3.05, 3.63) is 41.5 Å². The minimum Gasteiger partial charge on any atom is -0.315 e. The van der Waals surface area contributed by atoms with E-state index in [-0.39, 0.29) is 0 Å². The van der Waals surface area contributed by atoms with Crippen LogP contribution in [0.3, 0.4) is 0 Å². The molecule has 1 aliphatic heterocycles. The molecule has 0 bridgehead atoms. The summed E-state index contributed by atoms with van der Waals surface area (Å²) in [6, 6.07) is 7.05. The number of nitrogens with zero attached hydrogens (tertiary/aromatic N) is 3. The lowest BCUT2D eigenvalue weighted by molar-refractivity contribution is 0.507. The number of aryl methyl sites for hydroxylation is 1. The fourth-order valence-electron chi connectivity index (χ4n) is 2.89. The summed E-state index contributed by atoms with van der Waals surface area (Å²) >= 11 is 0. The van der Waals surface area contributed by atoms with Gasteiger partial charge >= 0.3 is 0 Å². The molecular formula is C16H21N3O2S. The molecule has 0 fully saturated rings. The molecule has 0 saturated carbocycles. The Morgan fingerprint density at radius 3 is 2.50 bits per heavy atom. The predicted octanol–water partition coefficient (Wildman–Crippen LogP) is 2.39. The van der Waals surface area contributed by atoms with Crippen LogP contribution in [0.15, 0.2) is 29.2 Å². The normalized spacial score (nSPS) is 15.9. The Bertz CT molecular complexity index is 748. The monoisotopic (exact) mass is 319 g/mol. The van der Waals surface area contributed by atoms with Crippen LogP contribution in [0, 0.1) is 0 Å². The van der Waals surface area contributed by atoms with Gasteiger partial charge in [0.25, 0.3) is 0 Å². The van der Waals surface area contributed by atoms with Gasteiger partial charge in [0.15, 0.2) is 9.84 Å². The van der Waals surface area contributed by atoms with Crippen LogP contribution in [0.2, 0.25) is 0 Å². The molecular weight excluding hydrogens is 298 g/mol. The summed E-state index contributed by atoms with van der Waals surface area (Å²) in [5.41, 5.74) is 1.06. The second-order valence-electron chi connectivity index (χ2n) is 5.94. The fraction of sp³-hybridized carbons (Fsp3) is 0.500. The first-order chi connectivity index (χ1) is 10.5. The third kappa shape index (κ3) is 3.38. The summed E-state index contributed by atoms with van der Waals surface area (Å²) in [6.07, 6.45) is 7.81. The second kappa shape index (κ2) is 6.20. The largest absolute Gasteiger partial charge is 0.315 e. The number of sulfone groups is 1. The van der Waals surface area contributed by atoms with E-state index in [1.54, 1.807) is 12.1 Å². The van der Waals surface area contributed by atoms with Crippen LogP contribution in [0.5, 0.6) is 0 Å².